The van der Waals surface area contributed by atoms with Crippen LogP contribution in [0.4, 0.5) is 0 Å². The largest absolute Gasteiger partial charge is 0.486 e. The topological polar surface area (TPSA) is 64.6 Å². The highest BCUT2D eigenvalue weighted by atomic mass is 16.6. The van der Waals surface area contributed by atoms with E-state index in [0.29, 0.717) is 56.1 Å². The fourth-order valence-electron chi connectivity index (χ4n) is 2.77. The molecule has 2 aromatic carbocycles. The predicted octanol–water partition coefficient (Wildman–Crippen LogP) is 3.44. The van der Waals surface area contributed by atoms with E-state index in [1.54, 1.807) is 18.2 Å². The molecule has 136 valence electrons. The van der Waals surface area contributed by atoms with Crippen LogP contribution in [0.15, 0.2) is 42.5 Å². The van der Waals surface area contributed by atoms with Crippen LogP contribution in [0.25, 0.3) is 0 Å². The number of amides is 1. The summed E-state index contributed by atoms with van der Waals surface area (Å²) in [5, 5.41) is 2.89. The minimum atomic E-state index is -0.0412. The van der Waals surface area contributed by atoms with Crippen molar-refractivity contribution in [2.24, 2.45) is 0 Å². The van der Waals surface area contributed by atoms with E-state index in [4.69, 9.17) is 9.47 Å². The molecule has 3 rings (SSSR count). The molecule has 1 amide bonds. The number of Topliss-reactive ketones (excluding diaryl/α,β-unsaturated/α-hetero) is 1. The maximum atomic E-state index is 12.3. The fourth-order valence-corrected chi connectivity index (χ4v) is 2.77. The van der Waals surface area contributed by atoms with Gasteiger partial charge in [-0.2, -0.15) is 0 Å². The van der Waals surface area contributed by atoms with E-state index in [9.17, 15) is 9.59 Å². The highest BCUT2D eigenvalue weighted by molar-refractivity contribution is 5.96. The second kappa shape index (κ2) is 8.52. The van der Waals surface area contributed by atoms with Crippen LogP contribution in [0.1, 0.15) is 40.7 Å². The molecule has 2 aromatic rings. The van der Waals surface area contributed by atoms with Crippen molar-refractivity contribution in [1.82, 2.24) is 5.32 Å². The van der Waals surface area contributed by atoms with Crippen molar-refractivity contribution in [3.05, 3.63) is 59.2 Å². The second-order valence-electron chi connectivity index (χ2n) is 6.40. The van der Waals surface area contributed by atoms with Gasteiger partial charge in [0.05, 0.1) is 0 Å². The molecule has 1 aliphatic heterocycles. The zero-order valence-corrected chi connectivity index (χ0v) is 14.9. The lowest BCUT2D eigenvalue weighted by molar-refractivity contribution is -0.121. The van der Waals surface area contributed by atoms with E-state index < -0.39 is 0 Å². The Morgan fingerprint density at radius 1 is 0.962 bits per heavy atom. The van der Waals surface area contributed by atoms with E-state index in [2.05, 4.69) is 5.32 Å². The van der Waals surface area contributed by atoms with E-state index in [0.717, 1.165) is 5.56 Å². The van der Waals surface area contributed by atoms with Crippen LogP contribution in [0.3, 0.4) is 0 Å². The molecule has 1 heterocycles. The van der Waals surface area contributed by atoms with Crippen molar-refractivity contribution in [3.63, 3.8) is 0 Å². The quantitative estimate of drug-likeness (QED) is 0.775. The predicted molar refractivity (Wildman–Crippen MR) is 98.6 cm³/mol. The molecule has 0 atom stereocenters. The monoisotopic (exact) mass is 353 g/mol. The Morgan fingerprint density at radius 2 is 1.69 bits per heavy atom. The summed E-state index contributed by atoms with van der Waals surface area (Å²) in [5.41, 5.74) is 2.85. The van der Waals surface area contributed by atoms with Gasteiger partial charge in [-0.1, -0.05) is 29.8 Å². The minimum absolute atomic E-state index is 0.00769. The Balaban J connectivity index is 1.41. The standard InChI is InChI=1S/C21H23NO4/c1-15-5-7-16(8-6-15)14-22-21(24)4-2-3-18(23)17-9-10-19-20(13-17)26-12-11-25-19/h5-10,13H,2-4,11-12,14H2,1H3,(H,22,24). The number of ether oxygens (including phenoxy) is 2. The highest BCUT2D eigenvalue weighted by Crippen LogP contribution is 2.31. The van der Waals surface area contributed by atoms with Crippen LogP contribution < -0.4 is 14.8 Å². The lowest BCUT2D eigenvalue weighted by Gasteiger charge is -2.18. The number of hydrogen-bond acceptors (Lipinski definition) is 4. The lowest BCUT2D eigenvalue weighted by atomic mass is 10.0. The Labute approximate surface area is 153 Å². The number of carbonyl (C=O) groups is 2. The van der Waals surface area contributed by atoms with Gasteiger partial charge in [0.1, 0.15) is 13.2 Å². The molecule has 1 N–H and O–H groups in total. The molecule has 1 aliphatic rings. The molecule has 0 aromatic heterocycles. The molecule has 0 saturated carbocycles. The summed E-state index contributed by atoms with van der Waals surface area (Å²) >= 11 is 0. The van der Waals surface area contributed by atoms with Gasteiger partial charge < -0.3 is 14.8 Å². The number of benzene rings is 2. The van der Waals surface area contributed by atoms with Gasteiger partial charge in [-0.05, 0) is 37.1 Å². The van der Waals surface area contributed by atoms with E-state index in [1.165, 1.54) is 5.56 Å². The van der Waals surface area contributed by atoms with Crippen molar-refractivity contribution in [2.75, 3.05) is 13.2 Å². The number of hydrogen-bond donors (Lipinski definition) is 1. The first-order chi connectivity index (χ1) is 12.6. The number of carbonyl (C=O) groups excluding carboxylic acids is 2. The van der Waals surface area contributed by atoms with Gasteiger partial charge in [-0.3, -0.25) is 9.59 Å². The van der Waals surface area contributed by atoms with Crippen molar-refractivity contribution >= 4 is 11.7 Å². The molecule has 5 heteroatoms. The third kappa shape index (κ3) is 4.85. The molecule has 0 spiro atoms. The fraction of sp³-hybridized carbons (Fsp3) is 0.333. The first-order valence-electron chi connectivity index (χ1n) is 8.87. The third-order valence-corrected chi connectivity index (χ3v) is 4.28. The maximum Gasteiger partial charge on any atom is 0.220 e. The van der Waals surface area contributed by atoms with Crippen molar-refractivity contribution in [2.45, 2.75) is 32.7 Å². The van der Waals surface area contributed by atoms with Crippen molar-refractivity contribution in [1.29, 1.82) is 0 Å². The molecule has 26 heavy (non-hydrogen) atoms. The molecule has 0 fully saturated rings. The average Bonchev–Trinajstić information content (AvgIpc) is 2.67. The van der Waals surface area contributed by atoms with Crippen LogP contribution in [-0.2, 0) is 11.3 Å². The number of rotatable bonds is 7. The van der Waals surface area contributed by atoms with Crippen molar-refractivity contribution in [3.8, 4) is 11.5 Å². The summed E-state index contributed by atoms with van der Waals surface area (Å²) in [6.07, 6.45) is 1.19. The first kappa shape index (κ1) is 18.0. The summed E-state index contributed by atoms with van der Waals surface area (Å²) in [7, 11) is 0. The minimum Gasteiger partial charge on any atom is -0.486 e. The first-order valence-corrected chi connectivity index (χ1v) is 8.87. The van der Waals surface area contributed by atoms with Crippen LogP contribution in [0.5, 0.6) is 11.5 Å². The van der Waals surface area contributed by atoms with Crippen LogP contribution >= 0.6 is 0 Å². The molecule has 0 aliphatic carbocycles. The summed E-state index contributed by atoms with van der Waals surface area (Å²) in [5.74, 6) is 1.25. The smallest absolute Gasteiger partial charge is 0.220 e. The average molecular weight is 353 g/mol. The van der Waals surface area contributed by atoms with Gasteiger partial charge in [0.2, 0.25) is 5.91 Å². The normalized spacial score (nSPS) is 12.5. The number of aryl methyl sites for hydroxylation is 1. The van der Waals surface area contributed by atoms with Gasteiger partial charge >= 0.3 is 0 Å². The number of nitrogens with one attached hydrogen (secondary N) is 1. The Morgan fingerprint density at radius 3 is 2.46 bits per heavy atom. The van der Waals surface area contributed by atoms with Gasteiger partial charge in [-0.15, -0.1) is 0 Å². The lowest BCUT2D eigenvalue weighted by Crippen LogP contribution is -2.22. The van der Waals surface area contributed by atoms with Gasteiger partial charge in [0.15, 0.2) is 17.3 Å². The van der Waals surface area contributed by atoms with Crippen LogP contribution in [0, 0.1) is 6.92 Å². The maximum absolute atomic E-state index is 12.3. The van der Waals surface area contributed by atoms with Crippen LogP contribution in [0.2, 0.25) is 0 Å². The van der Waals surface area contributed by atoms with Crippen molar-refractivity contribution < 1.29 is 19.1 Å². The SMILES string of the molecule is Cc1ccc(CNC(=O)CCCC(=O)c2ccc3c(c2)OCCO3)cc1. The highest BCUT2D eigenvalue weighted by Gasteiger charge is 2.15. The zero-order chi connectivity index (χ0) is 18.4. The molecule has 0 radical (unpaired) electrons. The molecule has 0 saturated heterocycles. The summed E-state index contributed by atoms with van der Waals surface area (Å²) in [4.78, 5) is 24.2. The Bertz CT molecular complexity index is 783. The van der Waals surface area contributed by atoms with Gasteiger partial charge in [0, 0.05) is 24.9 Å². The van der Waals surface area contributed by atoms with E-state index >= 15 is 0 Å². The summed E-state index contributed by atoms with van der Waals surface area (Å²) < 4.78 is 10.9. The number of fused-ring (bicyclic) bond motifs is 1. The van der Waals surface area contributed by atoms with Crippen LogP contribution in [-0.4, -0.2) is 24.9 Å². The Kier molecular flexibility index (Phi) is 5.89. The zero-order valence-electron chi connectivity index (χ0n) is 14.9. The van der Waals surface area contributed by atoms with Gasteiger partial charge in [0.25, 0.3) is 0 Å². The Hall–Kier alpha value is -2.82. The molecule has 0 bridgehead atoms. The molecular weight excluding hydrogens is 330 g/mol. The molecular formula is C21H23NO4. The second-order valence-corrected chi connectivity index (χ2v) is 6.40. The third-order valence-electron chi connectivity index (χ3n) is 4.28. The number of ketones is 1. The summed E-state index contributed by atoms with van der Waals surface area (Å²) in [6.45, 7) is 3.56. The summed E-state index contributed by atoms with van der Waals surface area (Å²) in [6, 6.07) is 13.3. The molecule has 0 unspecified atom stereocenters. The van der Waals surface area contributed by atoms with E-state index in [-0.39, 0.29) is 11.7 Å². The van der Waals surface area contributed by atoms with Gasteiger partial charge in [-0.25, -0.2) is 0 Å². The molecule has 5 nitrogen and oxygen atoms in total. The van der Waals surface area contributed by atoms with E-state index in [1.807, 2.05) is 31.2 Å².